The van der Waals surface area contributed by atoms with E-state index in [9.17, 15) is 8.42 Å². The lowest BCUT2D eigenvalue weighted by molar-refractivity contribution is 0.599. The molecule has 0 N–H and O–H groups in total. The minimum Gasteiger partial charge on any atom is -0.229 e. The van der Waals surface area contributed by atoms with Gasteiger partial charge in [-0.3, -0.25) is 0 Å². The Hall–Kier alpha value is 1.67. The number of hydrogen-bond acceptors (Lipinski definition) is 2. The molecule has 0 aliphatic carbocycles. The van der Waals surface area contributed by atoms with E-state index in [1.165, 1.54) is 0 Å². The summed E-state index contributed by atoms with van der Waals surface area (Å²) in [4.78, 5) is 0. The highest BCUT2D eigenvalue weighted by Gasteiger charge is 2.37. The summed E-state index contributed by atoms with van der Waals surface area (Å²) in [6.07, 6.45) is 0. The van der Waals surface area contributed by atoms with Crippen molar-refractivity contribution in [3.8, 4) is 0 Å². The zero-order valence-corrected chi connectivity index (χ0v) is 11.9. The van der Waals surface area contributed by atoms with Crippen LogP contribution in [-0.2, 0) is 9.84 Å². The van der Waals surface area contributed by atoms with E-state index < -0.39 is 9.84 Å². The summed E-state index contributed by atoms with van der Waals surface area (Å²) in [6.45, 7) is 2.05. The molecule has 0 aromatic carbocycles. The molecule has 0 aromatic rings. The molecule has 1 rings (SSSR count). The van der Waals surface area contributed by atoms with Crippen molar-refractivity contribution in [2.75, 3.05) is 11.5 Å². The third-order valence-corrected chi connectivity index (χ3v) is 15.7. The average molecular weight is 262 g/mol. The quantitative estimate of drug-likeness (QED) is 0.714. The van der Waals surface area contributed by atoms with Crippen molar-refractivity contribution < 1.29 is 8.42 Å². The van der Waals surface area contributed by atoms with Gasteiger partial charge in [0, 0.05) is 5.66 Å². The van der Waals surface area contributed by atoms with E-state index in [4.69, 9.17) is 0 Å². The second-order valence-electron chi connectivity index (χ2n) is 3.16. The number of rotatable bonds is 2. The first-order valence-electron chi connectivity index (χ1n) is 3.67. The van der Waals surface area contributed by atoms with Crippen LogP contribution in [0.15, 0.2) is 0 Å². The van der Waals surface area contributed by atoms with Crippen LogP contribution in [0.5, 0.6) is 0 Å². The molecule has 1 aliphatic rings. The van der Waals surface area contributed by atoms with Crippen LogP contribution in [0.3, 0.4) is 0 Å². The molecule has 0 spiro atoms. The molecule has 1 fully saturated rings. The Labute approximate surface area is 81.6 Å². The van der Waals surface area contributed by atoms with E-state index in [1.54, 1.807) is 0 Å². The van der Waals surface area contributed by atoms with Gasteiger partial charge in [-0.05, 0) is 5.92 Å². The zero-order chi connectivity index (χ0) is 9.35. The minimum absolute atomic E-state index is 0.149. The second-order valence-corrected chi connectivity index (χ2v) is 14.9. The average Bonchev–Trinajstić information content (AvgIpc) is 2.23. The van der Waals surface area contributed by atoms with Crippen LogP contribution in [0, 0.1) is 5.92 Å². The number of sulfone groups is 1. The molecule has 1 aliphatic heterocycles. The van der Waals surface area contributed by atoms with Crippen molar-refractivity contribution in [3.63, 3.8) is 0 Å². The molecule has 0 aromatic heterocycles. The first kappa shape index (κ1) is 11.7. The fourth-order valence-corrected chi connectivity index (χ4v) is 11.2. The highest BCUT2D eigenvalue weighted by molar-refractivity contribution is 8.61. The molecule has 4 unspecified atom stereocenters. The van der Waals surface area contributed by atoms with Crippen molar-refractivity contribution in [1.82, 2.24) is 0 Å². The van der Waals surface area contributed by atoms with E-state index in [1.807, 2.05) is 0 Å². The lowest BCUT2D eigenvalue weighted by Crippen LogP contribution is -2.09. The summed E-state index contributed by atoms with van der Waals surface area (Å²) in [7, 11) is 3.51. The molecular weight excluding hydrogens is 248 g/mol. The Bertz CT molecular complexity index is 252. The van der Waals surface area contributed by atoms with Crippen LogP contribution in [-0.4, -0.2) is 25.6 Å². The fraction of sp³-hybridized carbons (Fsp3) is 1.00. The topological polar surface area (TPSA) is 34.1 Å². The summed E-state index contributed by atoms with van der Waals surface area (Å²) in [5.74, 6) is 1.19. The Kier molecular flexibility index (Phi) is 4.36. The molecule has 0 saturated carbocycles. The second kappa shape index (κ2) is 4.46. The van der Waals surface area contributed by atoms with Gasteiger partial charge >= 0.3 is 0 Å². The van der Waals surface area contributed by atoms with Gasteiger partial charge in [0.05, 0.1) is 11.5 Å². The van der Waals surface area contributed by atoms with Crippen molar-refractivity contribution >= 4 is 43.0 Å². The van der Waals surface area contributed by atoms with Gasteiger partial charge in [-0.1, -0.05) is 22.2 Å². The predicted octanol–water partition coefficient (Wildman–Crippen LogP) is 2.08. The molecule has 1 heterocycles. The summed E-state index contributed by atoms with van der Waals surface area (Å²) >= 11 is 0. The Morgan fingerprint density at radius 3 is 2.42 bits per heavy atom. The predicted molar refractivity (Wildman–Crippen MR) is 66.3 cm³/mol. The molecule has 2 nitrogen and oxygen atoms in total. The summed E-state index contributed by atoms with van der Waals surface area (Å²) in [5.41, 5.74) is 0.422. The van der Waals surface area contributed by atoms with Crippen LogP contribution < -0.4 is 0 Å². The Morgan fingerprint density at radius 2 is 2.08 bits per heavy atom. The lowest BCUT2D eigenvalue weighted by atomic mass is 10.2. The maximum absolute atomic E-state index is 11.3. The van der Waals surface area contributed by atoms with Gasteiger partial charge in [0.2, 0.25) is 0 Å². The third kappa shape index (κ3) is 2.83. The molecule has 72 valence electrons. The van der Waals surface area contributed by atoms with E-state index in [0.717, 1.165) is 7.96 Å². The van der Waals surface area contributed by atoms with Gasteiger partial charge in [0.15, 0.2) is 9.84 Å². The Balaban J connectivity index is 2.70. The van der Waals surface area contributed by atoms with Gasteiger partial charge in [-0.25, -0.2) is 8.42 Å². The molecule has 1 saturated heterocycles. The molecule has 12 heavy (non-hydrogen) atoms. The molecular formula is C5H14O2P4S. The Morgan fingerprint density at radius 1 is 1.50 bits per heavy atom. The van der Waals surface area contributed by atoms with Gasteiger partial charge in [0.1, 0.15) is 0 Å². The van der Waals surface area contributed by atoms with Crippen LogP contribution in [0.2, 0.25) is 0 Å². The first-order valence-corrected chi connectivity index (χ1v) is 12.2. The minimum atomic E-state index is -2.70. The van der Waals surface area contributed by atoms with E-state index >= 15 is 0 Å². The molecule has 0 bridgehead atoms. The molecule has 7 heteroatoms. The molecule has 6 atom stereocenters. The van der Waals surface area contributed by atoms with Crippen molar-refractivity contribution in [2.24, 2.45) is 5.92 Å². The maximum Gasteiger partial charge on any atom is 0.151 e. The lowest BCUT2D eigenvalue weighted by Gasteiger charge is -2.19. The monoisotopic (exact) mass is 262 g/mol. The summed E-state index contributed by atoms with van der Waals surface area (Å²) in [6, 6.07) is 0. The van der Waals surface area contributed by atoms with Crippen LogP contribution in [0.1, 0.15) is 6.92 Å². The van der Waals surface area contributed by atoms with Gasteiger partial charge in [-0.15, -0.1) is 17.9 Å². The van der Waals surface area contributed by atoms with Crippen LogP contribution in [0.25, 0.3) is 0 Å². The van der Waals surface area contributed by atoms with Crippen molar-refractivity contribution in [3.05, 3.63) is 0 Å². The normalized spacial score (nSPS) is 37.6. The number of hydrogen-bond donors (Lipinski definition) is 0. The van der Waals surface area contributed by atoms with Crippen LogP contribution in [0.4, 0.5) is 0 Å². The molecule has 0 radical (unpaired) electrons. The smallest absolute Gasteiger partial charge is 0.151 e. The SMILES string of the molecule is C[C@H]1CS(=O)(=O)C[C@H]1P(P)PP. The molecule has 0 amide bonds. The van der Waals surface area contributed by atoms with Crippen molar-refractivity contribution in [2.45, 2.75) is 12.6 Å². The zero-order valence-electron chi connectivity index (χ0n) is 6.90. The van der Waals surface area contributed by atoms with Gasteiger partial charge in [-0.2, -0.15) is 0 Å². The standard InChI is InChI=1S/C5H14O2P4S/c1-4-2-12(6,7)3-5(4)11(9)10-8/h4-5,10H,2-3,8-9H2,1H3/t4-,5+,11?/m0/s1. The highest BCUT2D eigenvalue weighted by Crippen LogP contribution is 2.71. The van der Waals surface area contributed by atoms with E-state index in [2.05, 4.69) is 24.8 Å². The largest absolute Gasteiger partial charge is 0.229 e. The maximum atomic E-state index is 11.3. The fourth-order valence-electron chi connectivity index (χ4n) is 1.45. The summed E-state index contributed by atoms with van der Waals surface area (Å²) in [5, 5.41) is 0. The van der Waals surface area contributed by atoms with E-state index in [0.29, 0.717) is 23.1 Å². The highest BCUT2D eigenvalue weighted by atomic mass is 32.6. The van der Waals surface area contributed by atoms with Gasteiger partial charge < -0.3 is 0 Å². The third-order valence-electron chi connectivity index (χ3n) is 2.10. The van der Waals surface area contributed by atoms with E-state index in [-0.39, 0.29) is 7.30 Å². The van der Waals surface area contributed by atoms with Crippen molar-refractivity contribution in [1.29, 1.82) is 0 Å². The van der Waals surface area contributed by atoms with Gasteiger partial charge in [0.25, 0.3) is 0 Å². The summed E-state index contributed by atoms with van der Waals surface area (Å²) < 4.78 is 22.5. The van der Waals surface area contributed by atoms with Crippen LogP contribution >= 0.6 is 33.1 Å². The first-order chi connectivity index (χ1) is 5.46.